The lowest BCUT2D eigenvalue weighted by molar-refractivity contribution is 0.0983. The van der Waals surface area contributed by atoms with Gasteiger partial charge < -0.3 is 14.6 Å². The number of hydrogen-bond donors (Lipinski definition) is 1. The van der Waals surface area contributed by atoms with Crippen molar-refractivity contribution in [2.24, 2.45) is 5.92 Å². The summed E-state index contributed by atoms with van der Waals surface area (Å²) in [5.74, 6) is 2.34. The predicted octanol–water partition coefficient (Wildman–Crippen LogP) is 6.76. The van der Waals surface area contributed by atoms with Crippen LogP contribution in [0, 0.1) is 5.92 Å². The Bertz CT molecular complexity index is 683. The molecule has 0 radical (unpaired) electrons. The monoisotopic (exact) mass is 386 g/mol. The quantitative estimate of drug-likeness (QED) is 0.365. The maximum absolute atomic E-state index is 10.2. The van der Waals surface area contributed by atoms with Gasteiger partial charge in [-0.3, -0.25) is 0 Å². The molecule has 0 aliphatic heterocycles. The maximum Gasteiger partial charge on any atom is 0.127 e. The molecule has 0 aromatic heterocycles. The number of hydrogen-bond acceptors (Lipinski definition) is 3. The largest absolute Gasteiger partial charge is 0.493 e. The third-order valence-electron chi connectivity index (χ3n) is 5.43. The van der Waals surface area contributed by atoms with Gasteiger partial charge in [-0.1, -0.05) is 83.6 Å². The van der Waals surface area contributed by atoms with Crippen LogP contribution in [0.5, 0.6) is 11.5 Å². The van der Waals surface area contributed by atoms with Crippen LogP contribution >= 0.6 is 0 Å². The zero-order chi connectivity index (χ0) is 20.2. The molecular formula is C25H38O3. The molecule has 0 bridgehead atoms. The first-order chi connectivity index (χ1) is 13.7. The average molecular weight is 387 g/mol. The van der Waals surface area contributed by atoms with E-state index in [0.717, 1.165) is 61.0 Å². The highest BCUT2D eigenvalue weighted by atomic mass is 16.5. The van der Waals surface area contributed by atoms with Gasteiger partial charge in [0.25, 0.3) is 0 Å². The molecule has 2 atom stereocenters. The van der Waals surface area contributed by atoms with Crippen LogP contribution in [0.3, 0.4) is 0 Å². The Morgan fingerprint density at radius 3 is 1.93 bits per heavy atom. The molecule has 156 valence electrons. The summed E-state index contributed by atoms with van der Waals surface area (Å²) in [6.07, 6.45) is 8.61. The Labute approximate surface area is 171 Å². The van der Waals surface area contributed by atoms with Crippen LogP contribution in [0.1, 0.15) is 72.1 Å². The first kappa shape index (κ1) is 22.5. The Hall–Kier alpha value is -1.74. The van der Waals surface area contributed by atoms with E-state index >= 15 is 0 Å². The summed E-state index contributed by atoms with van der Waals surface area (Å²) < 4.78 is 12.2. The SMILES string of the molecule is CCCCCC(O)COc1ccc(OCC(CC)CCCC)c2ccccc12. The zero-order valence-corrected chi connectivity index (χ0v) is 18.0. The molecule has 0 amide bonds. The highest BCUT2D eigenvalue weighted by Crippen LogP contribution is 2.33. The summed E-state index contributed by atoms with van der Waals surface area (Å²) in [6.45, 7) is 7.75. The highest BCUT2D eigenvalue weighted by Gasteiger charge is 2.12. The number of aliphatic hydroxyl groups is 1. The topological polar surface area (TPSA) is 38.7 Å². The smallest absolute Gasteiger partial charge is 0.127 e. The molecule has 0 saturated carbocycles. The van der Waals surface area contributed by atoms with Crippen molar-refractivity contribution >= 4 is 10.8 Å². The van der Waals surface area contributed by atoms with Crippen molar-refractivity contribution in [3.05, 3.63) is 36.4 Å². The highest BCUT2D eigenvalue weighted by molar-refractivity contribution is 5.93. The third kappa shape index (κ3) is 7.01. The Kier molecular flexibility index (Phi) is 10.2. The van der Waals surface area contributed by atoms with Gasteiger partial charge in [0, 0.05) is 10.8 Å². The summed E-state index contributed by atoms with van der Waals surface area (Å²) in [6, 6.07) is 12.2. The molecule has 0 aliphatic carbocycles. The van der Waals surface area contributed by atoms with E-state index in [4.69, 9.17) is 9.47 Å². The summed E-state index contributed by atoms with van der Waals surface area (Å²) in [4.78, 5) is 0. The minimum atomic E-state index is -0.412. The molecule has 2 aromatic rings. The van der Waals surface area contributed by atoms with Crippen LogP contribution in [-0.2, 0) is 0 Å². The number of unbranched alkanes of at least 4 members (excludes halogenated alkanes) is 3. The standard InChI is InChI=1S/C25H38O3/c1-4-7-9-13-21(26)19-28-25-17-16-24(22-14-10-11-15-23(22)25)27-18-20(6-3)12-8-5-2/h10-11,14-17,20-21,26H,4-9,12-13,18-19H2,1-3H3. The fourth-order valence-electron chi connectivity index (χ4n) is 3.50. The fraction of sp³-hybridized carbons (Fsp3) is 0.600. The van der Waals surface area contributed by atoms with Crippen molar-refractivity contribution in [1.82, 2.24) is 0 Å². The second-order valence-electron chi connectivity index (χ2n) is 7.80. The first-order valence-corrected chi connectivity index (χ1v) is 11.1. The predicted molar refractivity (Wildman–Crippen MR) is 118 cm³/mol. The molecule has 1 N–H and O–H groups in total. The lowest BCUT2D eigenvalue weighted by Gasteiger charge is -2.18. The van der Waals surface area contributed by atoms with Crippen LogP contribution in [0.4, 0.5) is 0 Å². The van der Waals surface area contributed by atoms with Crippen molar-refractivity contribution in [3.8, 4) is 11.5 Å². The van der Waals surface area contributed by atoms with E-state index in [2.05, 4.69) is 32.9 Å². The number of ether oxygens (including phenoxy) is 2. The maximum atomic E-state index is 10.2. The molecular weight excluding hydrogens is 348 g/mol. The zero-order valence-electron chi connectivity index (χ0n) is 18.0. The van der Waals surface area contributed by atoms with E-state index in [9.17, 15) is 5.11 Å². The molecule has 2 aromatic carbocycles. The molecule has 0 fully saturated rings. The average Bonchev–Trinajstić information content (AvgIpc) is 2.73. The summed E-state index contributed by atoms with van der Waals surface area (Å²) in [5.41, 5.74) is 0. The van der Waals surface area contributed by atoms with E-state index in [-0.39, 0.29) is 0 Å². The molecule has 0 spiro atoms. The van der Waals surface area contributed by atoms with Crippen molar-refractivity contribution in [2.75, 3.05) is 13.2 Å². The van der Waals surface area contributed by atoms with E-state index in [1.807, 2.05) is 24.3 Å². The number of benzene rings is 2. The van der Waals surface area contributed by atoms with Gasteiger partial charge in [0.2, 0.25) is 0 Å². The lowest BCUT2D eigenvalue weighted by Crippen LogP contribution is -2.17. The van der Waals surface area contributed by atoms with Gasteiger partial charge in [-0.05, 0) is 30.9 Å². The Morgan fingerprint density at radius 2 is 1.36 bits per heavy atom. The van der Waals surface area contributed by atoms with Crippen LogP contribution in [0.2, 0.25) is 0 Å². The molecule has 0 saturated heterocycles. The van der Waals surface area contributed by atoms with E-state index < -0.39 is 6.10 Å². The Morgan fingerprint density at radius 1 is 0.750 bits per heavy atom. The Balaban J connectivity index is 2.03. The second-order valence-corrected chi connectivity index (χ2v) is 7.80. The number of fused-ring (bicyclic) bond motifs is 1. The van der Waals surface area contributed by atoms with Gasteiger partial charge in [-0.25, -0.2) is 0 Å². The van der Waals surface area contributed by atoms with Crippen LogP contribution < -0.4 is 9.47 Å². The molecule has 0 heterocycles. The minimum Gasteiger partial charge on any atom is -0.493 e. The van der Waals surface area contributed by atoms with Crippen LogP contribution in [0.15, 0.2) is 36.4 Å². The minimum absolute atomic E-state index is 0.336. The van der Waals surface area contributed by atoms with Crippen molar-refractivity contribution in [3.63, 3.8) is 0 Å². The van der Waals surface area contributed by atoms with Crippen LogP contribution in [-0.4, -0.2) is 24.4 Å². The van der Waals surface area contributed by atoms with Gasteiger partial charge in [-0.2, -0.15) is 0 Å². The summed E-state index contributed by atoms with van der Waals surface area (Å²) in [7, 11) is 0. The van der Waals surface area contributed by atoms with Crippen LogP contribution in [0.25, 0.3) is 10.8 Å². The fourth-order valence-corrected chi connectivity index (χ4v) is 3.50. The first-order valence-electron chi connectivity index (χ1n) is 11.1. The van der Waals surface area contributed by atoms with Crippen molar-refractivity contribution < 1.29 is 14.6 Å². The number of rotatable bonds is 14. The van der Waals surface area contributed by atoms with E-state index in [1.54, 1.807) is 0 Å². The van der Waals surface area contributed by atoms with E-state index in [0.29, 0.717) is 12.5 Å². The normalized spacial score (nSPS) is 13.4. The van der Waals surface area contributed by atoms with Gasteiger partial charge in [0.1, 0.15) is 18.1 Å². The third-order valence-corrected chi connectivity index (χ3v) is 5.43. The van der Waals surface area contributed by atoms with Crippen molar-refractivity contribution in [2.45, 2.75) is 78.2 Å². The lowest BCUT2D eigenvalue weighted by atomic mass is 10.0. The molecule has 3 heteroatoms. The second kappa shape index (κ2) is 12.7. The van der Waals surface area contributed by atoms with Gasteiger partial charge >= 0.3 is 0 Å². The van der Waals surface area contributed by atoms with Gasteiger partial charge in [0.05, 0.1) is 12.7 Å². The molecule has 3 nitrogen and oxygen atoms in total. The summed E-state index contributed by atoms with van der Waals surface area (Å²) in [5, 5.41) is 12.3. The summed E-state index contributed by atoms with van der Waals surface area (Å²) >= 11 is 0. The van der Waals surface area contributed by atoms with Gasteiger partial charge in [0.15, 0.2) is 0 Å². The van der Waals surface area contributed by atoms with Crippen molar-refractivity contribution in [1.29, 1.82) is 0 Å². The molecule has 2 unspecified atom stereocenters. The number of aliphatic hydroxyl groups excluding tert-OH is 1. The molecule has 2 rings (SSSR count). The van der Waals surface area contributed by atoms with Gasteiger partial charge in [-0.15, -0.1) is 0 Å². The van der Waals surface area contributed by atoms with E-state index in [1.165, 1.54) is 19.3 Å². The molecule has 0 aliphatic rings. The molecule has 28 heavy (non-hydrogen) atoms.